The van der Waals surface area contributed by atoms with Crippen LogP contribution in [0.2, 0.25) is 10.2 Å². The molecule has 28 heavy (non-hydrogen) atoms. The summed E-state index contributed by atoms with van der Waals surface area (Å²) >= 11 is 12.2. The van der Waals surface area contributed by atoms with Gasteiger partial charge in [-0.05, 0) is 38.1 Å². The summed E-state index contributed by atoms with van der Waals surface area (Å²) in [5, 5.41) is 9.83. The summed E-state index contributed by atoms with van der Waals surface area (Å²) < 4.78 is 11.8. The molecule has 4 rings (SSSR count). The highest BCUT2D eigenvalue weighted by atomic mass is 35.5. The normalized spacial score (nSPS) is 17.9. The zero-order chi connectivity index (χ0) is 19.7. The van der Waals surface area contributed by atoms with Crippen molar-refractivity contribution in [2.24, 2.45) is 0 Å². The Kier molecular flexibility index (Phi) is 5.36. The van der Waals surface area contributed by atoms with E-state index in [-0.39, 0.29) is 18.6 Å². The van der Waals surface area contributed by atoms with Gasteiger partial charge in [0, 0.05) is 28.8 Å². The van der Waals surface area contributed by atoms with Crippen LogP contribution in [0.25, 0.3) is 0 Å². The van der Waals surface area contributed by atoms with Crippen molar-refractivity contribution < 1.29 is 19.4 Å². The molecule has 2 aromatic rings. The number of likely N-dealkylation sites (tertiary alicyclic amines) is 1. The molecular formula is C20H20Cl2N2O4. The van der Waals surface area contributed by atoms with E-state index in [1.807, 2.05) is 17.0 Å². The van der Waals surface area contributed by atoms with Gasteiger partial charge in [0.05, 0.1) is 18.2 Å². The maximum absolute atomic E-state index is 10.9. The molecule has 3 heterocycles. The number of aromatic nitrogens is 1. The Hall–Kier alpha value is -2.02. The number of hydrogen-bond donors (Lipinski definition) is 1. The number of carboxylic acid groups (broad SMARTS) is 1. The molecule has 0 bridgehead atoms. The molecule has 8 heteroatoms. The lowest BCUT2D eigenvalue weighted by molar-refractivity contribution is -0.138. The Labute approximate surface area is 173 Å². The number of carbonyl (C=O) groups is 1. The van der Waals surface area contributed by atoms with Crippen molar-refractivity contribution in [3.8, 4) is 11.5 Å². The SMILES string of the molecule is O=C(O)CN1CCC2(CC1)COc1cc(OCc3c(Cl)ccnc3Cl)ccc12. The second-order valence-electron chi connectivity index (χ2n) is 7.25. The lowest BCUT2D eigenvalue weighted by Gasteiger charge is -2.37. The predicted octanol–water partition coefficient (Wildman–Crippen LogP) is 3.78. The van der Waals surface area contributed by atoms with E-state index in [2.05, 4.69) is 11.1 Å². The molecule has 0 aliphatic carbocycles. The summed E-state index contributed by atoms with van der Waals surface area (Å²) in [6.45, 7) is 2.44. The van der Waals surface area contributed by atoms with E-state index < -0.39 is 5.97 Å². The van der Waals surface area contributed by atoms with Gasteiger partial charge in [0.1, 0.15) is 23.3 Å². The first-order chi connectivity index (χ1) is 13.5. The standard InChI is InChI=1S/C20H20Cl2N2O4/c21-16-3-6-23-19(22)14(16)11-27-13-1-2-15-17(9-13)28-12-20(15)4-7-24(8-5-20)10-18(25)26/h1-3,6,9H,4-5,7-8,10-12H2,(H,25,26). The number of carboxylic acids is 1. The Morgan fingerprint density at radius 2 is 2.07 bits per heavy atom. The topological polar surface area (TPSA) is 71.9 Å². The number of nitrogens with zero attached hydrogens (tertiary/aromatic N) is 2. The summed E-state index contributed by atoms with van der Waals surface area (Å²) in [5.41, 5.74) is 1.78. The second-order valence-corrected chi connectivity index (χ2v) is 8.01. The average Bonchev–Trinajstić information content (AvgIpc) is 3.01. The summed E-state index contributed by atoms with van der Waals surface area (Å²) in [5.74, 6) is 0.720. The number of halogens is 2. The highest BCUT2D eigenvalue weighted by Gasteiger charge is 2.43. The monoisotopic (exact) mass is 422 g/mol. The van der Waals surface area contributed by atoms with Crippen molar-refractivity contribution in [1.82, 2.24) is 9.88 Å². The van der Waals surface area contributed by atoms with E-state index in [0.29, 0.717) is 28.1 Å². The van der Waals surface area contributed by atoms with E-state index in [4.69, 9.17) is 37.8 Å². The zero-order valence-corrected chi connectivity index (χ0v) is 16.7. The fourth-order valence-electron chi connectivity index (χ4n) is 3.92. The van der Waals surface area contributed by atoms with Crippen molar-refractivity contribution in [2.45, 2.75) is 24.9 Å². The van der Waals surface area contributed by atoms with Crippen LogP contribution in [-0.2, 0) is 16.8 Å². The molecule has 1 aromatic carbocycles. The van der Waals surface area contributed by atoms with E-state index in [0.717, 1.165) is 31.7 Å². The highest BCUT2D eigenvalue weighted by Crippen LogP contribution is 2.46. The maximum Gasteiger partial charge on any atom is 0.317 e. The van der Waals surface area contributed by atoms with Crippen molar-refractivity contribution in [2.75, 3.05) is 26.2 Å². The summed E-state index contributed by atoms with van der Waals surface area (Å²) in [7, 11) is 0. The van der Waals surface area contributed by atoms with Gasteiger partial charge < -0.3 is 14.6 Å². The molecule has 0 radical (unpaired) electrons. The minimum atomic E-state index is -0.783. The van der Waals surface area contributed by atoms with E-state index in [1.54, 1.807) is 12.3 Å². The highest BCUT2D eigenvalue weighted by molar-refractivity contribution is 6.35. The average molecular weight is 423 g/mol. The fraction of sp³-hybridized carbons (Fsp3) is 0.400. The summed E-state index contributed by atoms with van der Waals surface area (Å²) in [4.78, 5) is 16.9. The smallest absolute Gasteiger partial charge is 0.317 e. The van der Waals surface area contributed by atoms with Gasteiger partial charge in [-0.25, -0.2) is 4.98 Å². The van der Waals surface area contributed by atoms with Gasteiger partial charge in [-0.1, -0.05) is 29.3 Å². The molecular weight excluding hydrogens is 403 g/mol. The molecule has 0 unspecified atom stereocenters. The second kappa shape index (κ2) is 7.78. The summed E-state index contributed by atoms with van der Waals surface area (Å²) in [6.07, 6.45) is 3.32. The number of fused-ring (bicyclic) bond motifs is 2. The van der Waals surface area contributed by atoms with Crippen LogP contribution in [0, 0.1) is 0 Å². The molecule has 1 N–H and O–H groups in total. The molecule has 1 fully saturated rings. The van der Waals surface area contributed by atoms with Gasteiger partial charge in [-0.15, -0.1) is 0 Å². The van der Waals surface area contributed by atoms with Crippen molar-refractivity contribution in [3.63, 3.8) is 0 Å². The molecule has 0 saturated carbocycles. The van der Waals surface area contributed by atoms with Gasteiger partial charge in [-0.3, -0.25) is 9.69 Å². The largest absolute Gasteiger partial charge is 0.492 e. The van der Waals surface area contributed by atoms with Crippen LogP contribution < -0.4 is 9.47 Å². The quantitative estimate of drug-likeness (QED) is 0.739. The third-order valence-electron chi connectivity index (χ3n) is 5.53. The number of rotatable bonds is 5. The van der Waals surface area contributed by atoms with Crippen molar-refractivity contribution in [3.05, 3.63) is 51.8 Å². The Balaban J connectivity index is 1.45. The first-order valence-electron chi connectivity index (χ1n) is 9.10. The van der Waals surface area contributed by atoms with E-state index >= 15 is 0 Å². The molecule has 1 saturated heterocycles. The Morgan fingerprint density at radius 3 is 2.79 bits per heavy atom. The molecule has 1 aromatic heterocycles. The molecule has 0 amide bonds. The van der Waals surface area contributed by atoms with Gasteiger partial charge >= 0.3 is 5.97 Å². The molecule has 2 aliphatic rings. The van der Waals surface area contributed by atoms with Crippen LogP contribution in [0.3, 0.4) is 0 Å². The van der Waals surface area contributed by atoms with Crippen LogP contribution in [0.1, 0.15) is 24.0 Å². The summed E-state index contributed by atoms with van der Waals surface area (Å²) in [6, 6.07) is 7.55. The minimum absolute atomic E-state index is 0.0428. The third kappa shape index (κ3) is 3.77. The van der Waals surface area contributed by atoms with Gasteiger partial charge in [0.25, 0.3) is 0 Å². The molecule has 148 valence electrons. The number of aliphatic carboxylic acids is 1. The third-order valence-corrected chi connectivity index (χ3v) is 6.21. The Morgan fingerprint density at radius 1 is 1.29 bits per heavy atom. The van der Waals surface area contributed by atoms with E-state index in [1.165, 1.54) is 5.56 Å². The lowest BCUT2D eigenvalue weighted by Crippen LogP contribution is -2.45. The van der Waals surface area contributed by atoms with Gasteiger partial charge in [0.15, 0.2) is 0 Å². The Bertz CT molecular complexity index is 878. The number of pyridine rings is 1. The number of piperidine rings is 1. The zero-order valence-electron chi connectivity index (χ0n) is 15.2. The predicted molar refractivity (Wildman–Crippen MR) is 106 cm³/mol. The molecule has 2 aliphatic heterocycles. The van der Waals surface area contributed by atoms with Crippen molar-refractivity contribution in [1.29, 1.82) is 0 Å². The minimum Gasteiger partial charge on any atom is -0.492 e. The van der Waals surface area contributed by atoms with Gasteiger partial charge in [0.2, 0.25) is 0 Å². The molecule has 1 spiro atoms. The molecule has 6 nitrogen and oxygen atoms in total. The van der Waals surface area contributed by atoms with Crippen LogP contribution in [0.5, 0.6) is 11.5 Å². The first kappa shape index (κ1) is 19.3. The van der Waals surface area contributed by atoms with Gasteiger partial charge in [-0.2, -0.15) is 0 Å². The fourth-order valence-corrected chi connectivity index (χ4v) is 4.38. The van der Waals surface area contributed by atoms with Crippen LogP contribution in [-0.4, -0.2) is 47.2 Å². The van der Waals surface area contributed by atoms with Crippen LogP contribution in [0.4, 0.5) is 0 Å². The maximum atomic E-state index is 10.9. The number of benzene rings is 1. The lowest BCUT2D eigenvalue weighted by atomic mass is 9.74. The van der Waals surface area contributed by atoms with E-state index in [9.17, 15) is 4.79 Å². The molecule has 0 atom stereocenters. The first-order valence-corrected chi connectivity index (χ1v) is 9.86. The van der Waals surface area contributed by atoms with Crippen LogP contribution >= 0.6 is 23.2 Å². The number of ether oxygens (including phenoxy) is 2. The number of hydrogen-bond acceptors (Lipinski definition) is 5. The van der Waals surface area contributed by atoms with Crippen LogP contribution in [0.15, 0.2) is 30.5 Å². The van der Waals surface area contributed by atoms with Crippen molar-refractivity contribution >= 4 is 29.2 Å².